The standard InChI is InChI=1S/C27H22N4O3S/c1-33-18-10-11-22(34-2)19(13-18)20-14-21(16-7-4-3-5-8-16)31-27-23(20)24(28)25(35-27)26(32)30-17-9-6-12-29-15-17/h3-15H,28H2,1-2H3,(H,30,32). The fourth-order valence-corrected chi connectivity index (χ4v) is 4.92. The molecule has 0 aliphatic rings. The van der Waals surface area contributed by atoms with Gasteiger partial charge in [-0.1, -0.05) is 30.3 Å². The Morgan fingerprint density at radius 3 is 2.51 bits per heavy atom. The number of hydrogen-bond acceptors (Lipinski definition) is 7. The summed E-state index contributed by atoms with van der Waals surface area (Å²) in [6.07, 6.45) is 3.23. The van der Waals surface area contributed by atoms with E-state index >= 15 is 0 Å². The van der Waals surface area contributed by atoms with Crippen LogP contribution in [0.15, 0.2) is 79.1 Å². The molecule has 5 rings (SSSR count). The quantitative estimate of drug-likeness (QED) is 0.314. The summed E-state index contributed by atoms with van der Waals surface area (Å²) in [4.78, 5) is 23.1. The predicted octanol–water partition coefficient (Wildman–Crippen LogP) is 5.88. The summed E-state index contributed by atoms with van der Waals surface area (Å²) in [5.74, 6) is 1.02. The average Bonchev–Trinajstić information content (AvgIpc) is 3.25. The highest BCUT2D eigenvalue weighted by molar-refractivity contribution is 7.21. The van der Waals surface area contributed by atoms with Crippen LogP contribution in [0.1, 0.15) is 9.67 Å². The Labute approximate surface area is 206 Å². The van der Waals surface area contributed by atoms with Gasteiger partial charge in [0.05, 0.1) is 37.5 Å². The molecule has 0 atom stereocenters. The van der Waals surface area contributed by atoms with Gasteiger partial charge in [0.2, 0.25) is 0 Å². The molecule has 5 aromatic rings. The number of methoxy groups -OCH3 is 2. The minimum absolute atomic E-state index is 0.316. The summed E-state index contributed by atoms with van der Waals surface area (Å²) >= 11 is 1.25. The Morgan fingerprint density at radius 2 is 1.80 bits per heavy atom. The molecular formula is C27H22N4O3S. The number of rotatable bonds is 6. The molecular weight excluding hydrogens is 460 g/mol. The third-order valence-corrected chi connectivity index (χ3v) is 6.69. The fraction of sp³-hybridized carbons (Fsp3) is 0.0741. The smallest absolute Gasteiger partial charge is 0.267 e. The summed E-state index contributed by atoms with van der Waals surface area (Å²) in [5, 5.41) is 3.56. The van der Waals surface area contributed by atoms with E-state index in [0.29, 0.717) is 38.0 Å². The largest absolute Gasteiger partial charge is 0.497 e. The number of benzene rings is 2. The third kappa shape index (κ3) is 4.27. The number of nitrogens with two attached hydrogens (primary N) is 1. The molecule has 0 spiro atoms. The number of nitrogens with zero attached hydrogens (tertiary/aromatic N) is 2. The Hall–Kier alpha value is -4.43. The zero-order valence-corrected chi connectivity index (χ0v) is 19.9. The molecule has 0 bridgehead atoms. The van der Waals surface area contributed by atoms with Crippen LogP contribution < -0.4 is 20.5 Å². The van der Waals surface area contributed by atoms with E-state index in [1.165, 1.54) is 11.3 Å². The van der Waals surface area contributed by atoms with Crippen molar-refractivity contribution in [2.45, 2.75) is 0 Å². The van der Waals surface area contributed by atoms with Crippen molar-refractivity contribution in [3.05, 3.63) is 84.0 Å². The van der Waals surface area contributed by atoms with Gasteiger partial charge in [0.25, 0.3) is 5.91 Å². The molecule has 3 aromatic heterocycles. The topological polar surface area (TPSA) is 99.4 Å². The Kier molecular flexibility index (Phi) is 6.03. The molecule has 7 nitrogen and oxygen atoms in total. The molecule has 0 aliphatic carbocycles. The van der Waals surface area contributed by atoms with Crippen LogP contribution >= 0.6 is 11.3 Å². The molecule has 0 aliphatic heterocycles. The molecule has 1 amide bonds. The first-order valence-electron chi connectivity index (χ1n) is 10.8. The average molecular weight is 483 g/mol. The van der Waals surface area contributed by atoms with Gasteiger partial charge in [-0.3, -0.25) is 9.78 Å². The first-order chi connectivity index (χ1) is 17.1. The van der Waals surface area contributed by atoms with Gasteiger partial charge in [0, 0.05) is 28.3 Å². The highest BCUT2D eigenvalue weighted by Crippen LogP contribution is 2.44. The first kappa shape index (κ1) is 22.4. The van der Waals surface area contributed by atoms with Gasteiger partial charge in [0.15, 0.2) is 0 Å². The van der Waals surface area contributed by atoms with E-state index in [1.807, 2.05) is 54.6 Å². The zero-order chi connectivity index (χ0) is 24.4. The molecule has 0 saturated carbocycles. The minimum Gasteiger partial charge on any atom is -0.497 e. The van der Waals surface area contributed by atoms with Gasteiger partial charge in [-0.05, 0) is 36.4 Å². The van der Waals surface area contributed by atoms with Crippen molar-refractivity contribution in [3.8, 4) is 33.9 Å². The number of carbonyl (C=O) groups excluding carboxylic acids is 1. The van der Waals surface area contributed by atoms with Crippen LogP contribution in [-0.2, 0) is 0 Å². The van der Waals surface area contributed by atoms with Gasteiger partial charge in [-0.15, -0.1) is 11.3 Å². The summed E-state index contributed by atoms with van der Waals surface area (Å²) in [5.41, 5.74) is 10.9. The van der Waals surface area contributed by atoms with E-state index in [9.17, 15) is 4.79 Å². The van der Waals surface area contributed by atoms with Crippen molar-refractivity contribution in [3.63, 3.8) is 0 Å². The molecule has 0 unspecified atom stereocenters. The second-order valence-corrected chi connectivity index (χ2v) is 8.71. The number of thiophene rings is 1. The molecule has 35 heavy (non-hydrogen) atoms. The first-order valence-corrected chi connectivity index (χ1v) is 11.6. The van der Waals surface area contributed by atoms with Gasteiger partial charge in [-0.25, -0.2) is 4.98 Å². The summed E-state index contributed by atoms with van der Waals surface area (Å²) in [6.45, 7) is 0. The number of ether oxygens (including phenoxy) is 2. The summed E-state index contributed by atoms with van der Waals surface area (Å²) < 4.78 is 11.1. The maximum Gasteiger partial charge on any atom is 0.267 e. The second kappa shape index (κ2) is 9.44. The fourth-order valence-electron chi connectivity index (χ4n) is 3.91. The van der Waals surface area contributed by atoms with Gasteiger partial charge >= 0.3 is 0 Å². The number of nitrogen functional groups attached to an aromatic ring is 1. The molecule has 2 aromatic carbocycles. The second-order valence-electron chi connectivity index (χ2n) is 7.71. The van der Waals surface area contributed by atoms with Gasteiger partial charge < -0.3 is 20.5 Å². The highest BCUT2D eigenvalue weighted by Gasteiger charge is 2.23. The molecule has 0 radical (unpaired) electrons. The van der Waals surface area contributed by atoms with E-state index in [0.717, 1.165) is 22.4 Å². The number of amides is 1. The maximum absolute atomic E-state index is 13.1. The zero-order valence-electron chi connectivity index (χ0n) is 19.1. The van der Waals surface area contributed by atoms with Crippen molar-refractivity contribution >= 4 is 38.8 Å². The van der Waals surface area contributed by atoms with E-state index in [-0.39, 0.29) is 5.91 Å². The van der Waals surface area contributed by atoms with Crippen LogP contribution in [0, 0.1) is 0 Å². The van der Waals surface area contributed by atoms with Crippen LogP contribution in [0.25, 0.3) is 32.6 Å². The predicted molar refractivity (Wildman–Crippen MR) is 140 cm³/mol. The molecule has 174 valence electrons. The minimum atomic E-state index is -0.316. The SMILES string of the molecule is COc1ccc(OC)c(-c2cc(-c3ccccc3)nc3sc(C(=O)Nc4cccnc4)c(N)c23)c1. The number of fused-ring (bicyclic) bond motifs is 1. The molecule has 3 N–H and O–H groups in total. The third-order valence-electron chi connectivity index (χ3n) is 5.59. The number of pyridine rings is 2. The van der Waals surface area contributed by atoms with Crippen molar-refractivity contribution in [1.29, 1.82) is 0 Å². The van der Waals surface area contributed by atoms with Crippen LogP contribution in [-0.4, -0.2) is 30.1 Å². The molecule has 0 fully saturated rings. The number of aromatic nitrogens is 2. The van der Waals surface area contributed by atoms with Crippen LogP contribution in [0.3, 0.4) is 0 Å². The number of carbonyl (C=O) groups is 1. The lowest BCUT2D eigenvalue weighted by Gasteiger charge is -2.14. The van der Waals surface area contributed by atoms with Crippen molar-refractivity contribution in [2.75, 3.05) is 25.3 Å². The van der Waals surface area contributed by atoms with E-state index in [1.54, 1.807) is 38.7 Å². The lowest BCUT2D eigenvalue weighted by Crippen LogP contribution is -2.12. The van der Waals surface area contributed by atoms with Crippen molar-refractivity contribution in [2.24, 2.45) is 0 Å². The van der Waals surface area contributed by atoms with Crippen LogP contribution in [0.2, 0.25) is 0 Å². The number of nitrogens with one attached hydrogen (secondary N) is 1. The normalized spacial score (nSPS) is 10.8. The molecule has 3 heterocycles. The Morgan fingerprint density at radius 1 is 0.971 bits per heavy atom. The van der Waals surface area contributed by atoms with Crippen molar-refractivity contribution < 1.29 is 14.3 Å². The van der Waals surface area contributed by atoms with E-state index in [4.69, 9.17) is 20.2 Å². The maximum atomic E-state index is 13.1. The van der Waals surface area contributed by atoms with Crippen molar-refractivity contribution in [1.82, 2.24) is 9.97 Å². The monoisotopic (exact) mass is 482 g/mol. The van der Waals surface area contributed by atoms with Gasteiger partial charge in [-0.2, -0.15) is 0 Å². The highest BCUT2D eigenvalue weighted by atomic mass is 32.1. The van der Waals surface area contributed by atoms with E-state index in [2.05, 4.69) is 10.3 Å². The molecule has 8 heteroatoms. The lowest BCUT2D eigenvalue weighted by molar-refractivity contribution is 0.103. The van der Waals surface area contributed by atoms with Crippen LogP contribution in [0.4, 0.5) is 11.4 Å². The number of anilines is 2. The Balaban J connectivity index is 1.74. The summed E-state index contributed by atoms with van der Waals surface area (Å²) in [7, 11) is 3.23. The van der Waals surface area contributed by atoms with Crippen LogP contribution in [0.5, 0.6) is 11.5 Å². The lowest BCUT2D eigenvalue weighted by atomic mass is 9.98. The van der Waals surface area contributed by atoms with Gasteiger partial charge in [0.1, 0.15) is 21.2 Å². The summed E-state index contributed by atoms with van der Waals surface area (Å²) in [6, 6.07) is 20.9. The molecule has 0 saturated heterocycles. The van der Waals surface area contributed by atoms with E-state index < -0.39 is 0 Å². The number of hydrogen-bond donors (Lipinski definition) is 2. The Bertz CT molecular complexity index is 1520.